The molecule has 0 spiro atoms. The van der Waals surface area contributed by atoms with Crippen LogP contribution < -0.4 is 5.73 Å². The summed E-state index contributed by atoms with van der Waals surface area (Å²) in [5, 5.41) is 0. The fraction of sp³-hybridized carbons (Fsp3) is 0.571. The molecule has 0 aliphatic heterocycles. The molecule has 1 aliphatic carbocycles. The summed E-state index contributed by atoms with van der Waals surface area (Å²) < 4.78 is 13.8. The van der Waals surface area contributed by atoms with E-state index in [1.54, 1.807) is 0 Å². The Morgan fingerprint density at radius 3 is 2.71 bits per heavy atom. The molecule has 0 amide bonds. The number of rotatable bonds is 4. The van der Waals surface area contributed by atoms with Crippen molar-refractivity contribution in [2.75, 3.05) is 0 Å². The van der Waals surface area contributed by atoms with E-state index in [9.17, 15) is 4.39 Å². The molecule has 2 rings (SSSR count). The van der Waals surface area contributed by atoms with Crippen molar-refractivity contribution in [3.63, 3.8) is 0 Å². The van der Waals surface area contributed by atoms with Crippen LogP contribution in [0.25, 0.3) is 0 Å². The molecule has 17 heavy (non-hydrogen) atoms. The van der Waals surface area contributed by atoms with E-state index in [0.717, 1.165) is 22.9 Å². The second-order valence-corrected chi connectivity index (χ2v) is 5.84. The number of hydrogen-bond acceptors (Lipinski definition) is 1. The molecule has 1 aromatic rings. The maximum Gasteiger partial charge on any atom is 0.124 e. The molecule has 1 fully saturated rings. The van der Waals surface area contributed by atoms with Crippen LogP contribution in [0.15, 0.2) is 22.7 Å². The Morgan fingerprint density at radius 1 is 1.35 bits per heavy atom. The average Bonchev–Trinajstić information content (AvgIpc) is 2.81. The van der Waals surface area contributed by atoms with Crippen molar-refractivity contribution in [1.29, 1.82) is 0 Å². The molecular weight excluding hydrogens is 281 g/mol. The molecule has 2 N–H and O–H groups in total. The number of benzene rings is 1. The van der Waals surface area contributed by atoms with Gasteiger partial charge in [0.1, 0.15) is 5.82 Å². The van der Waals surface area contributed by atoms with Gasteiger partial charge in [-0.15, -0.1) is 0 Å². The maximum absolute atomic E-state index is 12.9. The molecule has 0 aromatic heterocycles. The van der Waals surface area contributed by atoms with Gasteiger partial charge in [0.2, 0.25) is 0 Å². The van der Waals surface area contributed by atoms with Gasteiger partial charge in [0, 0.05) is 10.5 Å². The topological polar surface area (TPSA) is 26.0 Å². The van der Waals surface area contributed by atoms with E-state index in [1.807, 2.05) is 6.07 Å². The predicted molar refractivity (Wildman–Crippen MR) is 72.4 cm³/mol. The van der Waals surface area contributed by atoms with Gasteiger partial charge >= 0.3 is 0 Å². The third-order valence-electron chi connectivity index (χ3n) is 3.77. The number of nitrogens with two attached hydrogens (primary N) is 1. The van der Waals surface area contributed by atoms with Crippen LogP contribution in [0.4, 0.5) is 4.39 Å². The van der Waals surface area contributed by atoms with Gasteiger partial charge in [-0.2, -0.15) is 0 Å². The van der Waals surface area contributed by atoms with Crippen molar-refractivity contribution >= 4 is 15.9 Å². The molecule has 1 saturated carbocycles. The third-order valence-corrected chi connectivity index (χ3v) is 4.51. The summed E-state index contributed by atoms with van der Waals surface area (Å²) in [7, 11) is 0. The second-order valence-electron chi connectivity index (χ2n) is 4.98. The van der Waals surface area contributed by atoms with Crippen LogP contribution in [-0.2, 0) is 6.42 Å². The van der Waals surface area contributed by atoms with Crippen LogP contribution in [0, 0.1) is 11.7 Å². The summed E-state index contributed by atoms with van der Waals surface area (Å²) in [6.45, 7) is 0. The van der Waals surface area contributed by atoms with Gasteiger partial charge < -0.3 is 5.73 Å². The van der Waals surface area contributed by atoms with E-state index in [4.69, 9.17) is 5.73 Å². The van der Waals surface area contributed by atoms with E-state index in [-0.39, 0.29) is 5.82 Å². The molecule has 0 bridgehead atoms. The van der Waals surface area contributed by atoms with Crippen molar-refractivity contribution in [3.8, 4) is 0 Å². The van der Waals surface area contributed by atoms with Gasteiger partial charge in [-0.3, -0.25) is 0 Å². The summed E-state index contributed by atoms with van der Waals surface area (Å²) in [6.07, 6.45) is 7.15. The molecule has 3 heteroatoms. The molecule has 1 aliphatic rings. The first-order valence-electron chi connectivity index (χ1n) is 6.36. The van der Waals surface area contributed by atoms with Crippen LogP contribution in [0.2, 0.25) is 0 Å². The lowest BCUT2D eigenvalue weighted by Crippen LogP contribution is -2.28. The standard InChI is InChI=1S/C14H19BrFN/c15-13-9-12(16)7-5-10(13)6-8-14(17)11-3-1-2-4-11/h5,7,9,11,14H,1-4,6,8,17H2. The smallest absolute Gasteiger partial charge is 0.124 e. The zero-order valence-corrected chi connectivity index (χ0v) is 11.5. The van der Waals surface area contributed by atoms with Crippen molar-refractivity contribution in [1.82, 2.24) is 0 Å². The minimum Gasteiger partial charge on any atom is -0.327 e. The van der Waals surface area contributed by atoms with Crippen molar-refractivity contribution in [2.45, 2.75) is 44.6 Å². The van der Waals surface area contributed by atoms with Crippen molar-refractivity contribution in [3.05, 3.63) is 34.1 Å². The van der Waals surface area contributed by atoms with E-state index in [0.29, 0.717) is 12.0 Å². The number of halogens is 2. The van der Waals surface area contributed by atoms with E-state index >= 15 is 0 Å². The molecule has 0 radical (unpaired) electrons. The highest BCUT2D eigenvalue weighted by Crippen LogP contribution is 2.29. The molecule has 94 valence electrons. The van der Waals surface area contributed by atoms with Gasteiger partial charge in [0.25, 0.3) is 0 Å². The average molecular weight is 300 g/mol. The zero-order valence-electron chi connectivity index (χ0n) is 9.96. The van der Waals surface area contributed by atoms with Gasteiger partial charge in [0.15, 0.2) is 0 Å². The highest BCUT2D eigenvalue weighted by molar-refractivity contribution is 9.10. The Kier molecular flexibility index (Phi) is 4.57. The van der Waals surface area contributed by atoms with Crippen LogP contribution in [0.5, 0.6) is 0 Å². The molecule has 1 atom stereocenters. The quantitative estimate of drug-likeness (QED) is 0.892. The minimum absolute atomic E-state index is 0.194. The third kappa shape index (κ3) is 3.52. The van der Waals surface area contributed by atoms with Crippen LogP contribution in [0.1, 0.15) is 37.7 Å². The van der Waals surface area contributed by atoms with Crippen LogP contribution in [0.3, 0.4) is 0 Å². The first-order valence-corrected chi connectivity index (χ1v) is 7.15. The van der Waals surface area contributed by atoms with Gasteiger partial charge in [0.05, 0.1) is 0 Å². The summed E-state index contributed by atoms with van der Waals surface area (Å²) in [5.74, 6) is 0.509. The summed E-state index contributed by atoms with van der Waals surface area (Å²) >= 11 is 3.40. The SMILES string of the molecule is NC(CCc1ccc(F)cc1Br)C1CCCC1. The Balaban J connectivity index is 1.88. The zero-order chi connectivity index (χ0) is 12.3. The lowest BCUT2D eigenvalue weighted by Gasteiger charge is -2.18. The first-order chi connectivity index (χ1) is 8.16. The van der Waals surface area contributed by atoms with E-state index in [1.165, 1.54) is 37.8 Å². The monoisotopic (exact) mass is 299 g/mol. The lowest BCUT2D eigenvalue weighted by atomic mass is 9.93. The molecule has 1 nitrogen and oxygen atoms in total. The Morgan fingerprint density at radius 2 is 2.06 bits per heavy atom. The van der Waals surface area contributed by atoms with Crippen LogP contribution in [-0.4, -0.2) is 6.04 Å². The highest BCUT2D eigenvalue weighted by atomic mass is 79.9. The maximum atomic E-state index is 12.9. The van der Waals surface area contributed by atoms with Gasteiger partial charge in [-0.1, -0.05) is 34.8 Å². The predicted octanol–water partition coefficient (Wildman–Crippen LogP) is 4.04. The fourth-order valence-electron chi connectivity index (χ4n) is 2.67. The molecule has 1 unspecified atom stereocenters. The Labute approximate surface area is 111 Å². The fourth-order valence-corrected chi connectivity index (χ4v) is 3.22. The van der Waals surface area contributed by atoms with Crippen molar-refractivity contribution < 1.29 is 4.39 Å². The van der Waals surface area contributed by atoms with Crippen LogP contribution >= 0.6 is 15.9 Å². The summed E-state index contributed by atoms with van der Waals surface area (Å²) in [6, 6.07) is 5.19. The Hall–Kier alpha value is -0.410. The Bertz CT molecular complexity index is 374. The summed E-state index contributed by atoms with van der Waals surface area (Å²) in [4.78, 5) is 0. The normalized spacial score (nSPS) is 18.5. The van der Waals surface area contributed by atoms with Gasteiger partial charge in [-0.05, 0) is 49.3 Å². The highest BCUT2D eigenvalue weighted by Gasteiger charge is 2.21. The molecule has 0 saturated heterocycles. The molecule has 1 aromatic carbocycles. The first kappa shape index (κ1) is 13.0. The molecular formula is C14H19BrFN. The van der Waals surface area contributed by atoms with Gasteiger partial charge in [-0.25, -0.2) is 4.39 Å². The van der Waals surface area contributed by atoms with Crippen molar-refractivity contribution in [2.24, 2.45) is 11.7 Å². The summed E-state index contributed by atoms with van der Waals surface area (Å²) in [5.41, 5.74) is 7.37. The largest absolute Gasteiger partial charge is 0.327 e. The number of aryl methyl sites for hydroxylation is 1. The lowest BCUT2D eigenvalue weighted by molar-refractivity contribution is 0.410. The minimum atomic E-state index is -0.194. The van der Waals surface area contributed by atoms with E-state index < -0.39 is 0 Å². The molecule has 0 heterocycles. The second kappa shape index (κ2) is 5.96. The van der Waals surface area contributed by atoms with E-state index in [2.05, 4.69) is 15.9 Å². The number of hydrogen-bond donors (Lipinski definition) is 1.